The summed E-state index contributed by atoms with van der Waals surface area (Å²) in [5, 5.41) is 0. The quantitative estimate of drug-likeness (QED) is 0.310. The van der Waals surface area contributed by atoms with E-state index in [2.05, 4.69) is 132 Å². The summed E-state index contributed by atoms with van der Waals surface area (Å²) in [6.45, 7) is 4.65. The number of halogens is 1. The van der Waals surface area contributed by atoms with Crippen LogP contribution in [-0.4, -0.2) is 0 Å². The number of hydrogen-bond donors (Lipinski definition) is 0. The first-order chi connectivity index (χ1) is 14.1. The van der Waals surface area contributed by atoms with Crippen LogP contribution in [0.1, 0.15) is 25.0 Å². The topological polar surface area (TPSA) is 3.24 Å². The molecule has 0 radical (unpaired) electrons. The number of fused-ring (bicyclic) bond motifs is 3. The maximum absolute atomic E-state index is 3.56. The smallest absolute Gasteiger partial charge is 0.0465 e. The van der Waals surface area contributed by atoms with Gasteiger partial charge in [0.05, 0.1) is 0 Å². The van der Waals surface area contributed by atoms with Crippen LogP contribution in [0.15, 0.2) is 102 Å². The van der Waals surface area contributed by atoms with E-state index in [-0.39, 0.29) is 5.41 Å². The van der Waals surface area contributed by atoms with Gasteiger partial charge in [-0.25, -0.2) is 0 Å². The second-order valence-electron chi connectivity index (χ2n) is 8.05. The van der Waals surface area contributed by atoms with Gasteiger partial charge in [-0.1, -0.05) is 78.3 Å². The van der Waals surface area contributed by atoms with Gasteiger partial charge in [-0.3, -0.25) is 0 Å². The van der Waals surface area contributed by atoms with Gasteiger partial charge in [-0.15, -0.1) is 0 Å². The molecule has 4 aromatic rings. The van der Waals surface area contributed by atoms with Gasteiger partial charge in [0.2, 0.25) is 0 Å². The van der Waals surface area contributed by atoms with Gasteiger partial charge in [0.25, 0.3) is 0 Å². The lowest BCUT2D eigenvalue weighted by molar-refractivity contribution is 0.660. The number of para-hydroxylation sites is 1. The zero-order valence-electron chi connectivity index (χ0n) is 16.6. The fourth-order valence-electron chi connectivity index (χ4n) is 4.45. The first kappa shape index (κ1) is 18.2. The van der Waals surface area contributed by atoms with Crippen LogP contribution in [0, 0.1) is 0 Å². The molecule has 1 nitrogen and oxygen atoms in total. The summed E-state index contributed by atoms with van der Waals surface area (Å²) < 4.78 is 1.08. The zero-order valence-corrected chi connectivity index (χ0v) is 18.1. The lowest BCUT2D eigenvalue weighted by Gasteiger charge is -2.28. The maximum atomic E-state index is 3.56. The molecule has 0 N–H and O–H groups in total. The van der Waals surface area contributed by atoms with Crippen molar-refractivity contribution in [1.82, 2.24) is 0 Å². The van der Waals surface area contributed by atoms with E-state index in [9.17, 15) is 0 Å². The second-order valence-corrected chi connectivity index (χ2v) is 8.96. The molecular weight excluding hydrogens is 418 g/mol. The zero-order chi connectivity index (χ0) is 20.0. The van der Waals surface area contributed by atoms with E-state index in [1.54, 1.807) is 0 Å². The van der Waals surface area contributed by atoms with Crippen molar-refractivity contribution in [3.8, 4) is 11.1 Å². The average Bonchev–Trinajstić information content (AvgIpc) is 2.98. The molecule has 0 unspecified atom stereocenters. The highest BCUT2D eigenvalue weighted by Gasteiger charge is 2.35. The van der Waals surface area contributed by atoms with Crippen molar-refractivity contribution >= 4 is 33.0 Å². The maximum Gasteiger partial charge on any atom is 0.0465 e. The molecule has 2 heteroatoms. The molecule has 0 saturated heterocycles. The molecule has 0 aromatic heterocycles. The Bertz CT molecular complexity index is 1180. The van der Waals surface area contributed by atoms with Gasteiger partial charge in [-0.05, 0) is 70.8 Å². The normalized spacial score (nSPS) is 13.6. The molecule has 0 spiro atoms. The molecule has 0 atom stereocenters. The van der Waals surface area contributed by atoms with Crippen LogP contribution in [0.4, 0.5) is 17.1 Å². The summed E-state index contributed by atoms with van der Waals surface area (Å²) in [6, 6.07) is 34.7. The highest BCUT2D eigenvalue weighted by Crippen LogP contribution is 2.50. The van der Waals surface area contributed by atoms with Crippen LogP contribution in [0.5, 0.6) is 0 Å². The van der Waals surface area contributed by atoms with E-state index < -0.39 is 0 Å². The first-order valence-electron chi connectivity index (χ1n) is 9.91. The van der Waals surface area contributed by atoms with Crippen LogP contribution in [0.3, 0.4) is 0 Å². The summed E-state index contributed by atoms with van der Waals surface area (Å²) >= 11 is 3.56. The minimum Gasteiger partial charge on any atom is -0.310 e. The highest BCUT2D eigenvalue weighted by atomic mass is 79.9. The largest absolute Gasteiger partial charge is 0.310 e. The van der Waals surface area contributed by atoms with Gasteiger partial charge >= 0.3 is 0 Å². The van der Waals surface area contributed by atoms with Crippen LogP contribution in [0.2, 0.25) is 0 Å². The molecule has 0 saturated carbocycles. The first-order valence-corrected chi connectivity index (χ1v) is 10.7. The fraction of sp³-hybridized carbons (Fsp3) is 0.111. The number of hydrogen-bond acceptors (Lipinski definition) is 1. The third-order valence-corrected chi connectivity index (χ3v) is 6.45. The van der Waals surface area contributed by atoms with Gasteiger partial charge in [0.15, 0.2) is 0 Å². The molecule has 1 aliphatic carbocycles. The molecule has 0 amide bonds. The van der Waals surface area contributed by atoms with E-state index in [1.165, 1.54) is 27.9 Å². The Labute approximate surface area is 180 Å². The standard InChI is InChI=1S/C27H22BrN/c1-27(2)25-11-7-6-10-23(25)24-17-16-22(18-26(24)27)29(20-8-4-3-5-9-20)21-14-12-19(28)13-15-21/h3-18H,1-2H3. The van der Waals surface area contributed by atoms with E-state index in [0.29, 0.717) is 0 Å². The molecular formula is C27H22BrN. The number of benzene rings is 4. The molecule has 4 aromatic carbocycles. The lowest BCUT2D eigenvalue weighted by atomic mass is 9.82. The van der Waals surface area contributed by atoms with Crippen molar-refractivity contribution in [2.75, 3.05) is 4.90 Å². The Kier molecular flexibility index (Phi) is 4.33. The minimum absolute atomic E-state index is 0.00991. The molecule has 0 aliphatic heterocycles. The summed E-state index contributed by atoms with van der Waals surface area (Å²) in [4.78, 5) is 2.33. The van der Waals surface area contributed by atoms with Gasteiger partial charge in [0, 0.05) is 26.9 Å². The van der Waals surface area contributed by atoms with Gasteiger partial charge in [-0.2, -0.15) is 0 Å². The van der Waals surface area contributed by atoms with Crippen molar-refractivity contribution in [2.24, 2.45) is 0 Å². The monoisotopic (exact) mass is 439 g/mol. The second kappa shape index (κ2) is 6.89. The van der Waals surface area contributed by atoms with Crippen molar-refractivity contribution in [3.63, 3.8) is 0 Å². The highest BCUT2D eigenvalue weighted by molar-refractivity contribution is 9.10. The summed E-state index contributed by atoms with van der Waals surface area (Å²) in [7, 11) is 0. The predicted octanol–water partition coefficient (Wildman–Crippen LogP) is 8.23. The molecule has 0 heterocycles. The summed E-state index contributed by atoms with van der Waals surface area (Å²) in [5.41, 5.74) is 8.96. The van der Waals surface area contributed by atoms with Crippen molar-refractivity contribution in [1.29, 1.82) is 0 Å². The van der Waals surface area contributed by atoms with Crippen molar-refractivity contribution in [3.05, 3.63) is 113 Å². The SMILES string of the molecule is CC1(C)c2ccccc2-c2ccc(N(c3ccccc3)c3ccc(Br)cc3)cc21. The third-order valence-electron chi connectivity index (χ3n) is 5.92. The van der Waals surface area contributed by atoms with E-state index in [0.717, 1.165) is 15.8 Å². The lowest BCUT2D eigenvalue weighted by Crippen LogP contribution is -2.16. The molecule has 142 valence electrons. The molecule has 1 aliphatic rings. The Hall–Kier alpha value is -2.84. The summed E-state index contributed by atoms with van der Waals surface area (Å²) in [6.07, 6.45) is 0. The molecule has 0 fully saturated rings. The average molecular weight is 440 g/mol. The predicted molar refractivity (Wildman–Crippen MR) is 126 cm³/mol. The van der Waals surface area contributed by atoms with E-state index in [4.69, 9.17) is 0 Å². The number of anilines is 3. The van der Waals surface area contributed by atoms with Crippen LogP contribution in [0.25, 0.3) is 11.1 Å². The van der Waals surface area contributed by atoms with Gasteiger partial charge < -0.3 is 4.90 Å². The van der Waals surface area contributed by atoms with Crippen LogP contribution < -0.4 is 4.90 Å². The Morgan fingerprint density at radius 3 is 1.93 bits per heavy atom. The Morgan fingerprint density at radius 1 is 0.586 bits per heavy atom. The Balaban J connectivity index is 1.69. The van der Waals surface area contributed by atoms with Crippen molar-refractivity contribution < 1.29 is 0 Å². The van der Waals surface area contributed by atoms with Crippen LogP contribution >= 0.6 is 15.9 Å². The third kappa shape index (κ3) is 2.99. The number of rotatable bonds is 3. The number of nitrogens with zero attached hydrogens (tertiary/aromatic N) is 1. The van der Waals surface area contributed by atoms with E-state index in [1.807, 2.05) is 0 Å². The molecule has 5 rings (SSSR count). The van der Waals surface area contributed by atoms with Crippen LogP contribution in [-0.2, 0) is 5.41 Å². The molecule has 29 heavy (non-hydrogen) atoms. The van der Waals surface area contributed by atoms with Gasteiger partial charge in [0.1, 0.15) is 0 Å². The fourth-order valence-corrected chi connectivity index (χ4v) is 4.71. The Morgan fingerprint density at radius 2 is 1.17 bits per heavy atom. The van der Waals surface area contributed by atoms with Crippen molar-refractivity contribution in [2.45, 2.75) is 19.3 Å². The summed E-state index contributed by atoms with van der Waals surface area (Å²) in [5.74, 6) is 0. The van der Waals surface area contributed by atoms with E-state index >= 15 is 0 Å². The minimum atomic E-state index is -0.00991. The molecule has 0 bridgehead atoms.